The minimum absolute atomic E-state index is 0.0645. The number of hydrogen-bond donors (Lipinski definition) is 3. The van der Waals surface area contributed by atoms with E-state index in [1.165, 1.54) is 6.07 Å². The molecule has 0 aliphatic heterocycles. The number of rotatable bonds is 8. The van der Waals surface area contributed by atoms with Crippen molar-refractivity contribution < 1.29 is 22.8 Å². The van der Waals surface area contributed by atoms with Gasteiger partial charge in [-0.2, -0.15) is 18.3 Å². The van der Waals surface area contributed by atoms with Gasteiger partial charge in [0, 0.05) is 12.7 Å². The van der Waals surface area contributed by atoms with Gasteiger partial charge in [0.1, 0.15) is 23.1 Å². The van der Waals surface area contributed by atoms with Crippen molar-refractivity contribution in [3.63, 3.8) is 0 Å². The first-order valence-corrected chi connectivity index (χ1v) is 11.1. The van der Waals surface area contributed by atoms with Crippen LogP contribution in [0.15, 0.2) is 48.9 Å². The number of fused-ring (bicyclic) bond motifs is 1. The highest BCUT2D eigenvalue weighted by atomic mass is 19.4. The Hall–Kier alpha value is -4.35. The molecule has 12 heteroatoms. The van der Waals surface area contributed by atoms with Crippen molar-refractivity contribution in [3.05, 3.63) is 77.0 Å². The summed E-state index contributed by atoms with van der Waals surface area (Å²) in [7, 11) is 0. The molecule has 2 amide bonds. The smallest absolute Gasteiger partial charge is 0.347 e. The fourth-order valence-electron chi connectivity index (χ4n) is 3.65. The van der Waals surface area contributed by atoms with E-state index in [1.807, 2.05) is 24.3 Å². The molecule has 0 saturated heterocycles. The van der Waals surface area contributed by atoms with Gasteiger partial charge in [0.05, 0.1) is 6.42 Å². The highest BCUT2D eigenvalue weighted by Gasteiger charge is 2.32. The predicted octanol–water partition coefficient (Wildman–Crippen LogP) is 3.83. The van der Waals surface area contributed by atoms with Crippen LogP contribution in [0.25, 0.3) is 11.0 Å². The summed E-state index contributed by atoms with van der Waals surface area (Å²) in [6.07, 6.45) is -0.362. The molecule has 0 fully saturated rings. The first kappa shape index (κ1) is 24.8. The van der Waals surface area contributed by atoms with Gasteiger partial charge in [0.25, 0.3) is 5.91 Å². The Bertz CT molecular complexity index is 1400. The number of nitrogens with one attached hydrogen (secondary N) is 3. The number of aromatic amines is 1. The van der Waals surface area contributed by atoms with Gasteiger partial charge in [-0.05, 0) is 35.2 Å². The molecule has 3 heterocycles. The van der Waals surface area contributed by atoms with Gasteiger partial charge >= 0.3 is 6.18 Å². The number of aromatic nitrogens is 5. The molecule has 186 valence electrons. The lowest BCUT2D eigenvalue weighted by Crippen LogP contribution is -2.24. The third-order valence-electron chi connectivity index (χ3n) is 5.29. The number of hydrogen-bond acceptors (Lipinski definition) is 6. The van der Waals surface area contributed by atoms with Crippen LogP contribution >= 0.6 is 0 Å². The first-order valence-electron chi connectivity index (χ1n) is 11.1. The highest BCUT2D eigenvalue weighted by Crippen LogP contribution is 2.27. The SMILES string of the molecule is CCCc1cccc(CC(=O)Nc2n[nH]c3c(C(=O)NCc4ccnc(C(F)(F)F)c4)ncnc23)c1. The number of H-pyrrole nitrogens is 1. The highest BCUT2D eigenvalue weighted by molar-refractivity contribution is 6.06. The molecule has 0 unspecified atom stereocenters. The zero-order chi connectivity index (χ0) is 25.7. The minimum atomic E-state index is -4.59. The number of carbonyl (C=O) groups is 2. The lowest BCUT2D eigenvalue weighted by atomic mass is 10.0. The quantitative estimate of drug-likeness (QED) is 0.340. The van der Waals surface area contributed by atoms with Crippen LogP contribution in [0.3, 0.4) is 0 Å². The van der Waals surface area contributed by atoms with Crippen LogP contribution < -0.4 is 10.6 Å². The summed E-state index contributed by atoms with van der Waals surface area (Å²) in [6.45, 7) is 1.91. The van der Waals surface area contributed by atoms with Crippen LogP contribution in [0.5, 0.6) is 0 Å². The Morgan fingerprint density at radius 1 is 1.03 bits per heavy atom. The molecule has 3 aromatic heterocycles. The van der Waals surface area contributed by atoms with Gasteiger partial charge in [-0.25, -0.2) is 9.97 Å². The maximum atomic E-state index is 12.9. The topological polar surface area (TPSA) is 126 Å². The maximum absolute atomic E-state index is 12.9. The van der Waals surface area contributed by atoms with Crippen molar-refractivity contribution in [2.24, 2.45) is 0 Å². The summed E-state index contributed by atoms with van der Waals surface area (Å²) < 4.78 is 38.6. The lowest BCUT2D eigenvalue weighted by Gasteiger charge is -2.09. The zero-order valence-corrected chi connectivity index (χ0v) is 19.2. The average Bonchev–Trinajstić information content (AvgIpc) is 3.25. The van der Waals surface area contributed by atoms with Crippen LogP contribution in [0, 0.1) is 0 Å². The molecule has 0 radical (unpaired) electrons. The molecule has 4 aromatic rings. The number of halogens is 3. The van der Waals surface area contributed by atoms with E-state index in [0.717, 1.165) is 42.6 Å². The number of benzene rings is 1. The number of pyridine rings is 1. The van der Waals surface area contributed by atoms with E-state index < -0.39 is 17.8 Å². The van der Waals surface area contributed by atoms with E-state index in [-0.39, 0.29) is 47.0 Å². The molecule has 0 saturated carbocycles. The molecular weight excluding hydrogens is 475 g/mol. The van der Waals surface area contributed by atoms with Crippen LogP contribution in [0.2, 0.25) is 0 Å². The second-order valence-corrected chi connectivity index (χ2v) is 8.04. The van der Waals surface area contributed by atoms with Gasteiger partial charge in [0.15, 0.2) is 11.5 Å². The summed E-state index contributed by atoms with van der Waals surface area (Å²) in [5.41, 5.74) is 1.52. The number of anilines is 1. The molecule has 0 aliphatic rings. The van der Waals surface area contributed by atoms with E-state index in [2.05, 4.69) is 42.7 Å². The third kappa shape index (κ3) is 5.82. The summed E-state index contributed by atoms with van der Waals surface area (Å²) >= 11 is 0. The molecule has 0 spiro atoms. The molecule has 9 nitrogen and oxygen atoms in total. The molecule has 0 bridgehead atoms. The van der Waals surface area contributed by atoms with Crippen LogP contribution in [-0.4, -0.2) is 37.0 Å². The molecule has 0 atom stereocenters. The Labute approximate surface area is 203 Å². The zero-order valence-electron chi connectivity index (χ0n) is 19.2. The Morgan fingerprint density at radius 2 is 1.83 bits per heavy atom. The van der Waals surface area contributed by atoms with Crippen molar-refractivity contribution in [1.82, 2.24) is 30.5 Å². The van der Waals surface area contributed by atoms with E-state index >= 15 is 0 Å². The summed E-state index contributed by atoms with van der Waals surface area (Å²) in [5.74, 6) is -0.818. The van der Waals surface area contributed by atoms with Gasteiger partial charge in [-0.1, -0.05) is 37.6 Å². The predicted molar refractivity (Wildman–Crippen MR) is 125 cm³/mol. The summed E-state index contributed by atoms with van der Waals surface area (Å²) in [6, 6.07) is 10.00. The summed E-state index contributed by atoms with van der Waals surface area (Å²) in [5, 5.41) is 11.9. The fourth-order valence-corrected chi connectivity index (χ4v) is 3.65. The van der Waals surface area contributed by atoms with Gasteiger partial charge in [-0.15, -0.1) is 0 Å². The van der Waals surface area contributed by atoms with Crippen molar-refractivity contribution in [2.75, 3.05) is 5.32 Å². The monoisotopic (exact) mass is 497 g/mol. The van der Waals surface area contributed by atoms with E-state index in [9.17, 15) is 22.8 Å². The van der Waals surface area contributed by atoms with Crippen molar-refractivity contribution in [1.29, 1.82) is 0 Å². The fraction of sp³-hybridized carbons (Fsp3) is 0.250. The Balaban J connectivity index is 1.45. The number of aryl methyl sites for hydroxylation is 1. The van der Waals surface area contributed by atoms with Crippen molar-refractivity contribution in [3.8, 4) is 0 Å². The molecule has 3 N–H and O–H groups in total. The van der Waals surface area contributed by atoms with E-state index in [4.69, 9.17) is 0 Å². The standard InChI is InChI=1S/C24H22F3N7O2/c1-2-4-14-5-3-6-15(9-14)11-18(35)32-22-20-19(33-34-22)21(31-13-30-20)23(36)29-12-16-7-8-28-17(10-16)24(25,26)27/h3,5-10,13H,2,4,11-12H2,1H3,(H,29,36)(H2,32,33,34,35). The Kier molecular flexibility index (Phi) is 7.23. The molecule has 1 aromatic carbocycles. The molecule has 0 aliphatic carbocycles. The number of carbonyl (C=O) groups excluding carboxylic acids is 2. The maximum Gasteiger partial charge on any atom is 0.433 e. The van der Waals surface area contributed by atoms with Crippen LogP contribution in [0.4, 0.5) is 19.0 Å². The number of amides is 2. The van der Waals surface area contributed by atoms with Crippen LogP contribution in [-0.2, 0) is 30.4 Å². The molecular formula is C24H22F3N7O2. The second-order valence-electron chi connectivity index (χ2n) is 8.04. The number of nitrogens with zero attached hydrogens (tertiary/aromatic N) is 4. The average molecular weight is 497 g/mol. The minimum Gasteiger partial charge on any atom is -0.347 e. The number of alkyl halides is 3. The summed E-state index contributed by atoms with van der Waals surface area (Å²) in [4.78, 5) is 36.7. The van der Waals surface area contributed by atoms with Crippen LogP contribution in [0.1, 0.15) is 46.2 Å². The molecule has 36 heavy (non-hydrogen) atoms. The van der Waals surface area contributed by atoms with Crippen molar-refractivity contribution in [2.45, 2.75) is 38.9 Å². The van der Waals surface area contributed by atoms with E-state index in [0.29, 0.717) is 0 Å². The normalized spacial score (nSPS) is 11.4. The second kappa shape index (κ2) is 10.5. The third-order valence-corrected chi connectivity index (χ3v) is 5.29. The van der Waals surface area contributed by atoms with Crippen molar-refractivity contribution >= 4 is 28.7 Å². The van der Waals surface area contributed by atoms with Gasteiger partial charge in [-0.3, -0.25) is 19.7 Å². The van der Waals surface area contributed by atoms with E-state index in [1.54, 1.807) is 0 Å². The Morgan fingerprint density at radius 3 is 2.61 bits per heavy atom. The van der Waals surface area contributed by atoms with Gasteiger partial charge in [0.2, 0.25) is 5.91 Å². The molecule has 4 rings (SSSR count). The largest absolute Gasteiger partial charge is 0.433 e. The lowest BCUT2D eigenvalue weighted by molar-refractivity contribution is -0.141. The first-order chi connectivity index (χ1) is 17.2. The van der Waals surface area contributed by atoms with Gasteiger partial charge < -0.3 is 10.6 Å².